The second-order valence-electron chi connectivity index (χ2n) is 8.07. The molecule has 2 aliphatic heterocycles. The normalized spacial score (nSPS) is 22.8. The number of fused-ring (bicyclic) bond motifs is 3. The van der Waals surface area contributed by atoms with E-state index in [0.29, 0.717) is 5.56 Å². The van der Waals surface area contributed by atoms with Crippen LogP contribution in [0.2, 0.25) is 0 Å². The van der Waals surface area contributed by atoms with Crippen molar-refractivity contribution in [2.75, 3.05) is 4.90 Å². The Balaban J connectivity index is 1.77. The maximum absolute atomic E-state index is 14.0. The number of ketones is 1. The van der Waals surface area contributed by atoms with E-state index >= 15 is 0 Å². The first kappa shape index (κ1) is 19.3. The molecule has 0 amide bonds. The lowest BCUT2D eigenvalue weighted by Gasteiger charge is -2.35. The highest BCUT2D eigenvalue weighted by atomic mass is 32.1. The fraction of sp³-hybridized carbons (Fsp3) is 0.192. The average molecular weight is 422 g/mol. The van der Waals surface area contributed by atoms with E-state index in [1.165, 1.54) is 11.3 Å². The number of hydrogen-bond acceptors (Lipinski definition) is 5. The van der Waals surface area contributed by atoms with Gasteiger partial charge in [-0.2, -0.15) is 21.9 Å². The maximum Gasteiger partial charge on any atom is 0.185 e. The van der Waals surface area contributed by atoms with Gasteiger partial charge in [0.2, 0.25) is 0 Å². The van der Waals surface area contributed by atoms with Crippen molar-refractivity contribution in [1.29, 1.82) is 10.5 Å². The molecule has 4 nitrogen and oxygen atoms in total. The fourth-order valence-corrected chi connectivity index (χ4v) is 5.64. The SMILES string of the molecule is Cc1ccc(C(=O)[C@H]2[C@@H](c3ccsc3)C(C#N)(C#N)[C@H]3C=Cc4ccccc4N23)cc1. The van der Waals surface area contributed by atoms with E-state index in [2.05, 4.69) is 12.1 Å². The summed E-state index contributed by atoms with van der Waals surface area (Å²) in [6.45, 7) is 1.98. The standard InChI is InChI=1S/C26H19N3OS/c1-17-6-8-19(9-7-17)25(30)24-23(20-12-13-31-14-20)26(15-27,16-28)22-11-10-18-4-2-3-5-21(18)29(22)24/h2-14,22-24H,1H3/t22-,23-,24-/m1/s1. The minimum atomic E-state index is -1.38. The molecule has 150 valence electrons. The zero-order chi connectivity index (χ0) is 21.6. The number of benzene rings is 2. The van der Waals surface area contributed by atoms with E-state index in [1.807, 2.05) is 89.3 Å². The van der Waals surface area contributed by atoms with Gasteiger partial charge in [-0.05, 0) is 40.9 Å². The summed E-state index contributed by atoms with van der Waals surface area (Å²) in [5, 5.41) is 24.6. The molecule has 1 saturated heterocycles. The molecule has 0 bridgehead atoms. The van der Waals surface area contributed by atoms with Gasteiger partial charge in [0.1, 0.15) is 6.04 Å². The summed E-state index contributed by atoms with van der Waals surface area (Å²) in [5.41, 5.74) is 3.01. The molecule has 3 atom stereocenters. The van der Waals surface area contributed by atoms with Crippen molar-refractivity contribution < 1.29 is 4.79 Å². The van der Waals surface area contributed by atoms with Gasteiger partial charge in [-0.25, -0.2) is 0 Å². The second-order valence-corrected chi connectivity index (χ2v) is 8.85. The van der Waals surface area contributed by atoms with Crippen LogP contribution in [0.5, 0.6) is 0 Å². The summed E-state index contributed by atoms with van der Waals surface area (Å²) in [6, 6.07) is 20.8. The summed E-state index contributed by atoms with van der Waals surface area (Å²) in [5.74, 6) is -0.637. The van der Waals surface area contributed by atoms with Gasteiger partial charge in [-0.3, -0.25) is 4.79 Å². The number of anilines is 1. The summed E-state index contributed by atoms with van der Waals surface area (Å²) < 4.78 is 0. The van der Waals surface area contributed by atoms with E-state index < -0.39 is 23.4 Å². The molecular weight excluding hydrogens is 402 g/mol. The Hall–Kier alpha value is -3.67. The molecule has 0 N–H and O–H groups in total. The van der Waals surface area contributed by atoms with Crippen molar-refractivity contribution in [2.24, 2.45) is 5.41 Å². The van der Waals surface area contributed by atoms with Crippen LogP contribution in [0.4, 0.5) is 5.69 Å². The number of Topliss-reactive ketones (excluding diaryl/α,β-unsaturated/α-hetero) is 1. The van der Waals surface area contributed by atoms with Crippen molar-refractivity contribution in [2.45, 2.75) is 24.9 Å². The lowest BCUT2D eigenvalue weighted by Crippen LogP contribution is -2.44. The third kappa shape index (κ3) is 2.75. The van der Waals surface area contributed by atoms with Gasteiger partial charge < -0.3 is 4.90 Å². The van der Waals surface area contributed by atoms with Gasteiger partial charge in [0, 0.05) is 17.2 Å². The summed E-state index contributed by atoms with van der Waals surface area (Å²) in [6.07, 6.45) is 3.87. The Kier molecular flexibility index (Phi) is 4.50. The topological polar surface area (TPSA) is 67.9 Å². The minimum Gasteiger partial charge on any atom is -0.351 e. The lowest BCUT2D eigenvalue weighted by atomic mass is 9.69. The Morgan fingerprint density at radius 1 is 1.06 bits per heavy atom. The van der Waals surface area contributed by atoms with E-state index in [1.54, 1.807) is 0 Å². The molecule has 0 radical (unpaired) electrons. The van der Waals surface area contributed by atoms with Crippen LogP contribution in [0, 0.1) is 35.0 Å². The summed E-state index contributed by atoms with van der Waals surface area (Å²) in [4.78, 5) is 16.0. The molecule has 2 aliphatic rings. The Morgan fingerprint density at radius 2 is 1.81 bits per heavy atom. The number of thiophene rings is 1. The fourth-order valence-electron chi connectivity index (χ4n) is 4.95. The first-order valence-corrected chi connectivity index (χ1v) is 11.1. The molecule has 31 heavy (non-hydrogen) atoms. The van der Waals surface area contributed by atoms with E-state index in [0.717, 1.165) is 22.4 Å². The highest BCUT2D eigenvalue weighted by Crippen LogP contribution is 2.55. The molecule has 5 rings (SSSR count). The zero-order valence-corrected chi connectivity index (χ0v) is 17.7. The van der Waals surface area contributed by atoms with Crippen LogP contribution < -0.4 is 4.90 Å². The predicted molar refractivity (Wildman–Crippen MR) is 122 cm³/mol. The number of para-hydroxylation sites is 1. The largest absolute Gasteiger partial charge is 0.351 e. The number of carbonyl (C=O) groups excluding carboxylic acids is 1. The maximum atomic E-state index is 14.0. The molecule has 0 unspecified atom stereocenters. The third-order valence-electron chi connectivity index (χ3n) is 6.42. The van der Waals surface area contributed by atoms with Crippen LogP contribution in [0.1, 0.15) is 33.0 Å². The quantitative estimate of drug-likeness (QED) is 0.535. The monoisotopic (exact) mass is 421 g/mol. The molecular formula is C26H19N3OS. The molecule has 0 spiro atoms. The third-order valence-corrected chi connectivity index (χ3v) is 7.12. The number of aryl methyl sites for hydroxylation is 1. The van der Waals surface area contributed by atoms with Crippen molar-refractivity contribution in [3.05, 3.63) is 93.7 Å². The van der Waals surface area contributed by atoms with Crippen molar-refractivity contribution in [3.8, 4) is 12.1 Å². The van der Waals surface area contributed by atoms with Crippen LogP contribution in [0.25, 0.3) is 6.08 Å². The average Bonchev–Trinajstić information content (AvgIpc) is 3.43. The van der Waals surface area contributed by atoms with E-state index in [-0.39, 0.29) is 5.78 Å². The molecule has 0 aliphatic carbocycles. The van der Waals surface area contributed by atoms with Gasteiger partial charge >= 0.3 is 0 Å². The van der Waals surface area contributed by atoms with Crippen LogP contribution >= 0.6 is 11.3 Å². The summed E-state index contributed by atoms with van der Waals surface area (Å²) >= 11 is 1.51. The van der Waals surface area contributed by atoms with Gasteiger partial charge in [0.25, 0.3) is 0 Å². The van der Waals surface area contributed by atoms with Crippen molar-refractivity contribution >= 4 is 28.9 Å². The lowest BCUT2D eigenvalue weighted by molar-refractivity contribution is 0.0951. The van der Waals surface area contributed by atoms with Gasteiger partial charge in [0.15, 0.2) is 11.2 Å². The van der Waals surface area contributed by atoms with Gasteiger partial charge in [-0.1, -0.05) is 60.2 Å². The second kappa shape index (κ2) is 7.23. The van der Waals surface area contributed by atoms with Crippen LogP contribution in [0.15, 0.2) is 71.4 Å². The number of nitriles is 2. The van der Waals surface area contributed by atoms with E-state index in [4.69, 9.17) is 0 Å². The van der Waals surface area contributed by atoms with Crippen LogP contribution in [-0.2, 0) is 0 Å². The number of nitrogens with zero attached hydrogens (tertiary/aromatic N) is 3. The van der Waals surface area contributed by atoms with E-state index in [9.17, 15) is 15.3 Å². The molecule has 1 fully saturated rings. The smallest absolute Gasteiger partial charge is 0.185 e. The molecule has 5 heteroatoms. The Bertz CT molecular complexity index is 1250. The zero-order valence-electron chi connectivity index (χ0n) is 16.9. The van der Waals surface area contributed by atoms with Gasteiger partial charge in [0.05, 0.1) is 18.2 Å². The van der Waals surface area contributed by atoms with Crippen LogP contribution in [-0.4, -0.2) is 17.9 Å². The molecule has 0 saturated carbocycles. The molecule has 1 aromatic heterocycles. The molecule has 3 heterocycles. The first-order valence-electron chi connectivity index (χ1n) is 10.1. The first-order chi connectivity index (χ1) is 15.1. The Morgan fingerprint density at radius 3 is 2.48 bits per heavy atom. The number of rotatable bonds is 3. The van der Waals surface area contributed by atoms with Crippen LogP contribution in [0.3, 0.4) is 0 Å². The number of carbonyl (C=O) groups is 1. The predicted octanol–water partition coefficient (Wildman–Crippen LogP) is 5.34. The molecule has 2 aromatic carbocycles. The summed E-state index contributed by atoms with van der Waals surface area (Å²) in [7, 11) is 0. The van der Waals surface area contributed by atoms with Crippen molar-refractivity contribution in [3.63, 3.8) is 0 Å². The van der Waals surface area contributed by atoms with Gasteiger partial charge in [-0.15, -0.1) is 0 Å². The Labute approximate surface area is 185 Å². The molecule has 3 aromatic rings. The highest BCUT2D eigenvalue weighted by molar-refractivity contribution is 7.08. The number of hydrogen-bond donors (Lipinski definition) is 0. The highest BCUT2D eigenvalue weighted by Gasteiger charge is 2.63. The minimum absolute atomic E-state index is 0.0707. The van der Waals surface area contributed by atoms with Crippen molar-refractivity contribution in [1.82, 2.24) is 0 Å².